The monoisotopic (exact) mass is 299 g/mol. The molecule has 0 radical (unpaired) electrons. The molecule has 0 unspecified atom stereocenters. The van der Waals surface area contributed by atoms with Crippen molar-refractivity contribution in [1.29, 1.82) is 0 Å². The van der Waals surface area contributed by atoms with Crippen LogP contribution in [0.25, 0.3) is 10.9 Å². The average Bonchev–Trinajstić information content (AvgIpc) is 2.61. The van der Waals surface area contributed by atoms with Gasteiger partial charge in [0.25, 0.3) is 0 Å². The Kier molecular flexibility index (Phi) is 2.96. The van der Waals surface area contributed by atoms with Gasteiger partial charge in [-0.15, -0.1) is 0 Å². The highest BCUT2D eigenvalue weighted by Crippen LogP contribution is 2.36. The molecule has 0 atom stereocenters. The van der Waals surface area contributed by atoms with Gasteiger partial charge in [0.2, 0.25) is 0 Å². The fourth-order valence-corrected chi connectivity index (χ4v) is 3.13. The summed E-state index contributed by atoms with van der Waals surface area (Å²) in [4.78, 5) is 0. The zero-order chi connectivity index (χ0) is 12.5. The van der Waals surface area contributed by atoms with Crippen LogP contribution in [0.4, 0.5) is 0 Å². The maximum atomic E-state index is 3.73. The predicted molar refractivity (Wildman–Crippen MR) is 80.8 cm³/mol. The maximum absolute atomic E-state index is 3.73. The summed E-state index contributed by atoms with van der Waals surface area (Å²) in [7, 11) is 2.10. The Morgan fingerprint density at radius 3 is 2.39 bits per heavy atom. The summed E-state index contributed by atoms with van der Waals surface area (Å²) in [5.41, 5.74) is 2.60. The van der Waals surface area contributed by atoms with E-state index in [-0.39, 0.29) is 0 Å². The second-order valence-electron chi connectivity index (χ2n) is 4.46. The van der Waals surface area contributed by atoms with E-state index >= 15 is 0 Å². The molecule has 0 amide bonds. The molecule has 0 saturated heterocycles. The Morgan fingerprint density at radius 1 is 1.00 bits per heavy atom. The largest absolute Gasteiger partial charge is 0.338 e. The standard InChI is InChI=1S/C16H14BrN/c1-18-14-11-7-6-10-13(14)15(16(18)17)12-8-4-2-3-5-9-12/h2-12H,1H3. The van der Waals surface area contributed by atoms with Crippen LogP contribution in [-0.2, 0) is 7.05 Å². The normalized spacial score (nSPS) is 15.4. The molecule has 0 N–H and O–H groups in total. The quantitative estimate of drug-likeness (QED) is 0.719. The highest BCUT2D eigenvalue weighted by Gasteiger charge is 2.17. The van der Waals surface area contributed by atoms with E-state index in [9.17, 15) is 0 Å². The fraction of sp³-hybridized carbons (Fsp3) is 0.125. The fourth-order valence-electron chi connectivity index (χ4n) is 2.46. The molecule has 1 aromatic heterocycles. The van der Waals surface area contributed by atoms with Crippen molar-refractivity contribution in [3.05, 3.63) is 70.9 Å². The lowest BCUT2D eigenvalue weighted by Crippen LogP contribution is -1.92. The number of rotatable bonds is 1. The lowest BCUT2D eigenvalue weighted by Gasteiger charge is -2.07. The van der Waals surface area contributed by atoms with Crippen LogP contribution in [0.1, 0.15) is 11.5 Å². The summed E-state index contributed by atoms with van der Waals surface area (Å²) >= 11 is 3.73. The molecule has 0 spiro atoms. The van der Waals surface area contributed by atoms with E-state index < -0.39 is 0 Å². The van der Waals surface area contributed by atoms with E-state index in [4.69, 9.17) is 0 Å². The number of nitrogens with zero attached hydrogens (tertiary/aromatic N) is 1. The van der Waals surface area contributed by atoms with Crippen molar-refractivity contribution in [3.8, 4) is 0 Å². The van der Waals surface area contributed by atoms with Crippen LogP contribution in [-0.4, -0.2) is 4.57 Å². The molecule has 90 valence electrons. The molecule has 0 aliphatic heterocycles. The number of allylic oxidation sites excluding steroid dienone is 6. The van der Waals surface area contributed by atoms with Gasteiger partial charge in [0.05, 0.1) is 4.60 Å². The summed E-state index contributed by atoms with van der Waals surface area (Å²) in [5, 5.41) is 1.31. The van der Waals surface area contributed by atoms with Gasteiger partial charge in [-0.3, -0.25) is 0 Å². The van der Waals surface area contributed by atoms with Gasteiger partial charge in [-0.2, -0.15) is 0 Å². The van der Waals surface area contributed by atoms with E-state index in [1.54, 1.807) is 0 Å². The van der Waals surface area contributed by atoms with E-state index in [0.29, 0.717) is 5.92 Å². The summed E-state index contributed by atoms with van der Waals surface area (Å²) in [6.45, 7) is 0. The van der Waals surface area contributed by atoms with Crippen LogP contribution in [0.2, 0.25) is 0 Å². The van der Waals surface area contributed by atoms with Gasteiger partial charge in [0.15, 0.2) is 0 Å². The molecular formula is C16H14BrN. The zero-order valence-electron chi connectivity index (χ0n) is 10.2. The van der Waals surface area contributed by atoms with Gasteiger partial charge in [-0.1, -0.05) is 54.7 Å². The number of benzene rings is 1. The second kappa shape index (κ2) is 4.62. The SMILES string of the molecule is Cn1c(Br)c(C2C=CC=CC=C2)c2ccccc21. The lowest BCUT2D eigenvalue weighted by molar-refractivity contribution is 0.917. The average molecular weight is 300 g/mol. The Balaban J connectivity index is 2.26. The molecule has 18 heavy (non-hydrogen) atoms. The van der Waals surface area contributed by atoms with Crippen molar-refractivity contribution >= 4 is 26.8 Å². The molecular weight excluding hydrogens is 286 g/mol. The third kappa shape index (κ3) is 1.77. The molecule has 2 heteroatoms. The van der Waals surface area contributed by atoms with E-state index in [1.807, 2.05) is 0 Å². The summed E-state index contributed by atoms with van der Waals surface area (Å²) in [6.07, 6.45) is 12.8. The van der Waals surface area contributed by atoms with Crippen molar-refractivity contribution in [2.45, 2.75) is 5.92 Å². The van der Waals surface area contributed by atoms with Gasteiger partial charge < -0.3 is 4.57 Å². The topological polar surface area (TPSA) is 4.93 Å². The van der Waals surface area contributed by atoms with Crippen LogP contribution >= 0.6 is 15.9 Å². The molecule has 1 heterocycles. The number of para-hydroxylation sites is 1. The zero-order valence-corrected chi connectivity index (χ0v) is 11.8. The third-order valence-corrected chi connectivity index (χ3v) is 4.33. The number of fused-ring (bicyclic) bond motifs is 1. The molecule has 3 rings (SSSR count). The van der Waals surface area contributed by atoms with E-state index in [1.165, 1.54) is 16.5 Å². The number of hydrogen-bond acceptors (Lipinski definition) is 0. The predicted octanol–water partition coefficient (Wildman–Crippen LogP) is 4.71. The van der Waals surface area contributed by atoms with Crippen LogP contribution in [0.15, 0.2) is 65.3 Å². The number of aromatic nitrogens is 1. The van der Waals surface area contributed by atoms with Crippen molar-refractivity contribution < 1.29 is 0 Å². The molecule has 1 aliphatic rings. The minimum atomic E-state index is 0.320. The Bertz CT molecular complexity index is 658. The van der Waals surface area contributed by atoms with Crippen molar-refractivity contribution in [2.75, 3.05) is 0 Å². The van der Waals surface area contributed by atoms with Crippen molar-refractivity contribution in [3.63, 3.8) is 0 Å². The van der Waals surface area contributed by atoms with Crippen LogP contribution in [0.3, 0.4) is 0 Å². The van der Waals surface area contributed by atoms with Gasteiger partial charge in [-0.25, -0.2) is 0 Å². The molecule has 0 fully saturated rings. The highest BCUT2D eigenvalue weighted by atomic mass is 79.9. The number of hydrogen-bond donors (Lipinski definition) is 0. The molecule has 1 aliphatic carbocycles. The van der Waals surface area contributed by atoms with Gasteiger partial charge in [0.1, 0.15) is 0 Å². The Morgan fingerprint density at radius 2 is 1.67 bits per heavy atom. The molecule has 0 saturated carbocycles. The van der Waals surface area contributed by atoms with Gasteiger partial charge in [0, 0.05) is 29.4 Å². The Hall–Kier alpha value is -1.54. The highest BCUT2D eigenvalue weighted by molar-refractivity contribution is 9.10. The number of halogens is 1. The third-order valence-electron chi connectivity index (χ3n) is 3.38. The van der Waals surface area contributed by atoms with Crippen LogP contribution in [0, 0.1) is 0 Å². The summed E-state index contributed by atoms with van der Waals surface area (Å²) < 4.78 is 3.36. The van der Waals surface area contributed by atoms with Crippen LogP contribution < -0.4 is 0 Å². The maximum Gasteiger partial charge on any atom is 0.0896 e. The first-order valence-electron chi connectivity index (χ1n) is 6.03. The molecule has 0 bridgehead atoms. The second-order valence-corrected chi connectivity index (χ2v) is 5.21. The first-order chi connectivity index (χ1) is 8.79. The minimum absolute atomic E-state index is 0.320. The van der Waals surface area contributed by atoms with Crippen molar-refractivity contribution in [1.82, 2.24) is 4.57 Å². The first-order valence-corrected chi connectivity index (χ1v) is 6.83. The smallest absolute Gasteiger partial charge is 0.0896 e. The molecule has 1 nitrogen and oxygen atoms in total. The summed E-state index contributed by atoms with van der Waals surface area (Å²) in [6, 6.07) is 8.53. The van der Waals surface area contributed by atoms with E-state index in [0.717, 1.165) is 4.60 Å². The van der Waals surface area contributed by atoms with Gasteiger partial charge in [-0.05, 0) is 22.0 Å². The lowest BCUT2D eigenvalue weighted by atomic mass is 9.98. The molecule has 1 aromatic carbocycles. The van der Waals surface area contributed by atoms with Crippen molar-refractivity contribution in [2.24, 2.45) is 7.05 Å². The van der Waals surface area contributed by atoms with E-state index in [2.05, 4.69) is 88.3 Å². The number of aryl methyl sites for hydroxylation is 1. The van der Waals surface area contributed by atoms with Crippen LogP contribution in [0.5, 0.6) is 0 Å². The Labute approximate surface area is 115 Å². The minimum Gasteiger partial charge on any atom is -0.338 e. The molecule has 2 aromatic rings. The first kappa shape index (κ1) is 11.5. The summed E-state index contributed by atoms with van der Waals surface area (Å²) in [5.74, 6) is 0.320. The van der Waals surface area contributed by atoms with Gasteiger partial charge >= 0.3 is 0 Å².